The molecule has 224 valence electrons. The van der Waals surface area contributed by atoms with E-state index in [0.717, 1.165) is 59.7 Å². The summed E-state index contributed by atoms with van der Waals surface area (Å²) in [5.41, 5.74) is 11.1. The number of hydrogen-bond donors (Lipinski definition) is 3. The summed E-state index contributed by atoms with van der Waals surface area (Å²) in [6.45, 7) is 2.27. The maximum Gasteiger partial charge on any atom is 0.251 e. The molecule has 0 saturated heterocycles. The van der Waals surface area contributed by atoms with Crippen LogP contribution < -0.4 is 21.0 Å². The zero-order chi connectivity index (χ0) is 29.9. The Morgan fingerprint density at radius 3 is 2.45 bits per heavy atom. The van der Waals surface area contributed by atoms with Crippen LogP contribution in [0.5, 0.6) is 0 Å². The number of aliphatic hydroxyl groups is 1. The highest BCUT2D eigenvalue weighted by atomic mass is 35.5. The number of alkyl halides is 1. The van der Waals surface area contributed by atoms with E-state index in [1.54, 1.807) is 18.2 Å². The van der Waals surface area contributed by atoms with E-state index < -0.39 is 0 Å². The minimum absolute atomic E-state index is 0.228. The van der Waals surface area contributed by atoms with Crippen LogP contribution in [0.4, 0.5) is 5.69 Å². The topological polar surface area (TPSA) is 110 Å². The summed E-state index contributed by atoms with van der Waals surface area (Å²) in [5, 5.41) is 15.1. The highest BCUT2D eigenvalue weighted by Gasteiger charge is 2.21. The number of amides is 1. The zero-order valence-electron chi connectivity index (χ0n) is 24.5. The van der Waals surface area contributed by atoms with Gasteiger partial charge in [0.1, 0.15) is 25.4 Å². The number of anilines is 1. The van der Waals surface area contributed by atoms with E-state index in [4.69, 9.17) is 31.2 Å². The Hall–Kier alpha value is -3.43. The van der Waals surface area contributed by atoms with Gasteiger partial charge >= 0.3 is 0 Å². The number of hydrogen-bond acceptors (Lipinski definition) is 6. The fraction of sp³-hybridized carbons (Fsp3) is 0.394. The van der Waals surface area contributed by atoms with Gasteiger partial charge in [-0.05, 0) is 54.3 Å². The van der Waals surface area contributed by atoms with Gasteiger partial charge in [0.2, 0.25) is 5.36 Å². The van der Waals surface area contributed by atoms with E-state index in [9.17, 15) is 9.90 Å². The maximum atomic E-state index is 12.9. The number of benzene rings is 3. The van der Waals surface area contributed by atoms with Crippen molar-refractivity contribution in [3.63, 3.8) is 0 Å². The lowest BCUT2D eigenvalue weighted by Crippen LogP contribution is -2.27. The highest BCUT2D eigenvalue weighted by Crippen LogP contribution is 2.41. The van der Waals surface area contributed by atoms with Gasteiger partial charge < -0.3 is 30.0 Å². The van der Waals surface area contributed by atoms with Crippen molar-refractivity contribution in [3.8, 4) is 22.5 Å². The van der Waals surface area contributed by atoms with Gasteiger partial charge in [-0.1, -0.05) is 18.9 Å². The summed E-state index contributed by atoms with van der Waals surface area (Å²) in [5.74, 6) is 1.19. The molecule has 0 atom stereocenters. The van der Waals surface area contributed by atoms with Gasteiger partial charge in [0, 0.05) is 58.9 Å². The second kappa shape index (κ2) is 15.7. The number of rotatable bonds is 15. The van der Waals surface area contributed by atoms with Gasteiger partial charge in [-0.3, -0.25) is 4.79 Å². The maximum absolute atomic E-state index is 12.9. The van der Waals surface area contributed by atoms with Gasteiger partial charge in [0.25, 0.3) is 5.91 Å². The minimum Gasteiger partial charge on any atom is -0.456 e. The van der Waals surface area contributed by atoms with E-state index in [-0.39, 0.29) is 12.5 Å². The first-order chi connectivity index (χ1) is 20.4. The quantitative estimate of drug-likeness (QED) is 0.0595. The summed E-state index contributed by atoms with van der Waals surface area (Å²) in [6.07, 6.45) is 4.34. The smallest absolute Gasteiger partial charge is 0.251 e. The number of ether oxygens (including phenoxy) is 2. The first-order valence-corrected chi connectivity index (χ1v) is 15.0. The molecule has 0 saturated carbocycles. The summed E-state index contributed by atoms with van der Waals surface area (Å²) in [4.78, 5) is 12.9. The van der Waals surface area contributed by atoms with E-state index in [1.165, 1.54) is 0 Å². The van der Waals surface area contributed by atoms with Crippen molar-refractivity contribution in [3.05, 3.63) is 71.1 Å². The van der Waals surface area contributed by atoms with Crippen LogP contribution in [0.3, 0.4) is 0 Å². The van der Waals surface area contributed by atoms with Crippen LogP contribution in [0, 0.1) is 0 Å². The number of carbonyl (C=O) groups is 1. The van der Waals surface area contributed by atoms with Crippen molar-refractivity contribution in [1.29, 1.82) is 0 Å². The molecule has 0 aromatic heterocycles. The molecule has 1 heterocycles. The number of aliphatic hydroxyl groups excluding tert-OH is 1. The van der Waals surface area contributed by atoms with Crippen molar-refractivity contribution in [2.24, 2.45) is 0 Å². The zero-order valence-corrected chi connectivity index (χ0v) is 25.2. The Kier molecular flexibility index (Phi) is 11.8. The number of nitrogens with two attached hydrogens (primary N) is 1. The van der Waals surface area contributed by atoms with Gasteiger partial charge in [-0.25, -0.2) is 4.58 Å². The Morgan fingerprint density at radius 1 is 0.929 bits per heavy atom. The molecule has 4 N–H and O–H groups in total. The van der Waals surface area contributed by atoms with Gasteiger partial charge in [-0.2, -0.15) is 0 Å². The third-order valence-electron chi connectivity index (χ3n) is 7.13. The van der Waals surface area contributed by atoms with Crippen LogP contribution >= 0.6 is 11.6 Å². The van der Waals surface area contributed by atoms with Crippen LogP contribution in [-0.2, 0) is 16.1 Å². The first kappa shape index (κ1) is 31.5. The number of unbranched alkanes of at least 4 members (excludes halogenated alkanes) is 3. The fourth-order valence-electron chi connectivity index (χ4n) is 4.89. The fourth-order valence-corrected chi connectivity index (χ4v) is 5.08. The molecule has 2 aromatic rings. The Bertz CT molecular complexity index is 1530. The van der Waals surface area contributed by atoms with Gasteiger partial charge in [-0.15, -0.1) is 11.6 Å². The molecule has 0 fully saturated rings. The summed E-state index contributed by atoms with van der Waals surface area (Å²) >= 11 is 5.68. The molecular weight excluding hydrogens is 554 g/mol. The van der Waals surface area contributed by atoms with E-state index in [2.05, 4.69) is 5.32 Å². The third kappa shape index (κ3) is 8.10. The molecule has 0 spiro atoms. The molecule has 2 aliphatic rings. The van der Waals surface area contributed by atoms with Crippen molar-refractivity contribution in [1.82, 2.24) is 9.89 Å². The second-order valence-electron chi connectivity index (χ2n) is 10.4. The molecule has 1 amide bonds. The SMILES string of the molecule is C[N+](C)=c1ccc2c(-c3ccc(C(=O)NCCOCCOCCCCCCCl)cc3CO)c3ccc(N)cc3oc-2c1. The van der Waals surface area contributed by atoms with Gasteiger partial charge in [0.05, 0.1) is 32.5 Å². The number of carbonyl (C=O) groups excluding carboxylic acids is 1. The Balaban J connectivity index is 1.44. The number of fused-ring (bicyclic) bond motifs is 2. The first-order valence-electron chi connectivity index (χ1n) is 14.4. The molecule has 1 aliphatic heterocycles. The lowest BCUT2D eigenvalue weighted by molar-refractivity contribution is 0.0468. The molecule has 9 heteroatoms. The molecule has 0 unspecified atom stereocenters. The second-order valence-corrected chi connectivity index (χ2v) is 10.8. The van der Waals surface area contributed by atoms with Crippen LogP contribution in [-0.4, -0.2) is 64.0 Å². The van der Waals surface area contributed by atoms with E-state index in [1.807, 2.05) is 55.1 Å². The lowest BCUT2D eigenvalue weighted by atomic mass is 9.90. The molecule has 8 nitrogen and oxygen atoms in total. The Morgan fingerprint density at radius 2 is 1.69 bits per heavy atom. The number of nitrogens with one attached hydrogen (secondary N) is 1. The van der Waals surface area contributed by atoms with Crippen molar-refractivity contribution in [2.75, 3.05) is 58.7 Å². The molecule has 0 radical (unpaired) electrons. The largest absolute Gasteiger partial charge is 0.456 e. The molecule has 42 heavy (non-hydrogen) atoms. The lowest BCUT2D eigenvalue weighted by Gasteiger charge is -2.18. The Labute approximate surface area is 252 Å². The van der Waals surface area contributed by atoms with Crippen LogP contribution in [0.25, 0.3) is 33.4 Å². The van der Waals surface area contributed by atoms with Crippen LogP contribution in [0.1, 0.15) is 41.6 Å². The number of nitrogen functional groups attached to an aromatic ring is 1. The molecule has 2 aromatic carbocycles. The average Bonchev–Trinajstić information content (AvgIpc) is 2.99. The molecule has 0 bridgehead atoms. The third-order valence-corrected chi connectivity index (χ3v) is 7.40. The molecular formula is C33H41ClN3O5+. The average molecular weight is 595 g/mol. The van der Waals surface area contributed by atoms with E-state index in [0.29, 0.717) is 60.4 Å². The summed E-state index contributed by atoms with van der Waals surface area (Å²) in [6, 6.07) is 17.0. The normalized spacial score (nSPS) is 11.3. The molecule has 1 aliphatic carbocycles. The monoisotopic (exact) mass is 594 g/mol. The standard InChI is InChI=1S/C33H40ClN3O5/c1-37(2)26-9-12-29-31(21-26)42-30-20-25(35)8-11-28(30)32(29)27-10-7-23(19-24(27)22-38)33(39)36-14-16-41-18-17-40-15-6-4-3-5-13-34/h7-12,19-21,35,38H,3-6,13-18,22H2,1-2H3,(H,36,39)/p+1. The van der Waals surface area contributed by atoms with Gasteiger partial charge in [0.15, 0.2) is 0 Å². The summed E-state index contributed by atoms with van der Waals surface area (Å²) in [7, 11) is 3.95. The predicted octanol–water partition coefficient (Wildman–Crippen LogP) is 4.87. The van der Waals surface area contributed by atoms with Crippen LogP contribution in [0.2, 0.25) is 0 Å². The van der Waals surface area contributed by atoms with E-state index >= 15 is 0 Å². The molecule has 4 rings (SSSR count). The van der Waals surface area contributed by atoms with Crippen molar-refractivity contribution >= 4 is 34.2 Å². The van der Waals surface area contributed by atoms with Crippen LogP contribution in [0.15, 0.2) is 59.0 Å². The predicted molar refractivity (Wildman–Crippen MR) is 169 cm³/mol. The summed E-state index contributed by atoms with van der Waals surface area (Å²) < 4.78 is 19.4. The van der Waals surface area contributed by atoms with Crippen molar-refractivity contribution < 1.29 is 23.8 Å². The highest BCUT2D eigenvalue weighted by molar-refractivity contribution is 6.17. The van der Waals surface area contributed by atoms with Crippen molar-refractivity contribution in [2.45, 2.75) is 32.3 Å². The number of nitrogens with zero attached hydrogens (tertiary/aromatic N) is 1. The number of halogens is 1. The minimum atomic E-state index is -0.230.